The van der Waals surface area contributed by atoms with Gasteiger partial charge in [-0.25, -0.2) is 4.98 Å². The number of H-pyrrole nitrogens is 1. The van der Waals surface area contributed by atoms with E-state index in [4.69, 9.17) is 9.47 Å². The van der Waals surface area contributed by atoms with Gasteiger partial charge >= 0.3 is 0 Å². The standard InChI is InChI=1S/C18H21N3O3/c1-23-15-5-4-12(10-20-15)17-14(7-9-24-17)21-18(22)13-6-8-19-16(13)11-2-3-11/h4-6,8,10-11,14,17,19H,2-3,7,9H2,1H3,(H,21,22)/t14-,17+/m0/s1. The van der Waals surface area contributed by atoms with Gasteiger partial charge < -0.3 is 19.8 Å². The van der Waals surface area contributed by atoms with Gasteiger partial charge in [0.1, 0.15) is 6.10 Å². The molecule has 0 aromatic carbocycles. The van der Waals surface area contributed by atoms with Crippen LogP contribution < -0.4 is 10.1 Å². The topological polar surface area (TPSA) is 76.2 Å². The molecule has 0 unspecified atom stereocenters. The highest BCUT2D eigenvalue weighted by Gasteiger charge is 2.34. The highest BCUT2D eigenvalue weighted by atomic mass is 16.5. The zero-order chi connectivity index (χ0) is 16.5. The first-order valence-electron chi connectivity index (χ1n) is 8.36. The summed E-state index contributed by atoms with van der Waals surface area (Å²) in [6.45, 7) is 0.629. The van der Waals surface area contributed by atoms with Crippen LogP contribution in [0.5, 0.6) is 5.88 Å². The van der Waals surface area contributed by atoms with Gasteiger partial charge in [-0.2, -0.15) is 0 Å². The van der Waals surface area contributed by atoms with Gasteiger partial charge in [0.25, 0.3) is 5.91 Å². The van der Waals surface area contributed by atoms with Gasteiger partial charge in [-0.3, -0.25) is 4.79 Å². The Hall–Kier alpha value is -2.34. The van der Waals surface area contributed by atoms with Gasteiger partial charge in [0.05, 0.1) is 18.7 Å². The number of carbonyl (C=O) groups is 1. The first-order valence-corrected chi connectivity index (χ1v) is 8.36. The second-order valence-corrected chi connectivity index (χ2v) is 6.37. The molecule has 1 aliphatic heterocycles. The maximum Gasteiger partial charge on any atom is 0.253 e. The third-order valence-corrected chi connectivity index (χ3v) is 4.71. The molecule has 126 valence electrons. The van der Waals surface area contributed by atoms with E-state index in [1.54, 1.807) is 13.3 Å². The number of rotatable bonds is 5. The van der Waals surface area contributed by atoms with E-state index in [2.05, 4.69) is 15.3 Å². The van der Waals surface area contributed by atoms with E-state index in [0.29, 0.717) is 18.4 Å². The summed E-state index contributed by atoms with van der Waals surface area (Å²) in [6, 6.07) is 5.57. The average Bonchev–Trinajstić information content (AvgIpc) is 3.15. The first kappa shape index (κ1) is 15.2. The van der Waals surface area contributed by atoms with E-state index < -0.39 is 0 Å². The number of methoxy groups -OCH3 is 1. The van der Waals surface area contributed by atoms with E-state index in [9.17, 15) is 4.79 Å². The Balaban J connectivity index is 1.48. The minimum Gasteiger partial charge on any atom is -0.481 e. The zero-order valence-electron chi connectivity index (χ0n) is 13.6. The molecule has 0 spiro atoms. The number of amides is 1. The van der Waals surface area contributed by atoms with E-state index in [1.807, 2.05) is 24.4 Å². The van der Waals surface area contributed by atoms with Crippen LogP contribution in [0.15, 0.2) is 30.6 Å². The summed E-state index contributed by atoms with van der Waals surface area (Å²) in [5.41, 5.74) is 2.78. The number of carbonyl (C=O) groups excluding carboxylic acids is 1. The molecule has 6 nitrogen and oxygen atoms in total. The van der Waals surface area contributed by atoms with E-state index in [-0.39, 0.29) is 18.1 Å². The number of hydrogen-bond acceptors (Lipinski definition) is 4. The van der Waals surface area contributed by atoms with Crippen molar-refractivity contribution in [3.05, 3.63) is 47.4 Å². The molecule has 3 heterocycles. The Morgan fingerprint density at radius 2 is 2.21 bits per heavy atom. The third kappa shape index (κ3) is 2.89. The summed E-state index contributed by atoms with van der Waals surface area (Å²) in [5, 5.41) is 3.14. The first-order chi connectivity index (χ1) is 11.8. The second kappa shape index (κ2) is 6.28. The number of hydrogen-bond donors (Lipinski definition) is 2. The van der Waals surface area contributed by atoms with Crippen LogP contribution in [0.4, 0.5) is 0 Å². The Labute approximate surface area is 140 Å². The molecule has 6 heteroatoms. The summed E-state index contributed by atoms with van der Waals surface area (Å²) in [5.74, 6) is 1.06. The Kier molecular flexibility index (Phi) is 3.98. The van der Waals surface area contributed by atoms with Crippen molar-refractivity contribution in [1.29, 1.82) is 0 Å². The molecule has 0 radical (unpaired) electrons. The van der Waals surface area contributed by atoms with E-state index in [1.165, 1.54) is 0 Å². The summed E-state index contributed by atoms with van der Waals surface area (Å²) < 4.78 is 10.9. The van der Waals surface area contributed by atoms with E-state index in [0.717, 1.165) is 36.1 Å². The van der Waals surface area contributed by atoms with Crippen molar-refractivity contribution in [3.63, 3.8) is 0 Å². The number of pyridine rings is 1. The van der Waals surface area contributed by atoms with Crippen LogP contribution in [0.25, 0.3) is 0 Å². The molecule has 2 atom stereocenters. The fourth-order valence-corrected chi connectivity index (χ4v) is 3.28. The zero-order valence-corrected chi connectivity index (χ0v) is 13.6. The SMILES string of the molecule is COc1ccc([C@H]2OCC[C@@H]2NC(=O)c2cc[nH]c2C2CC2)cn1. The molecule has 2 fully saturated rings. The molecule has 2 aromatic heterocycles. The normalized spacial score (nSPS) is 23.2. The largest absolute Gasteiger partial charge is 0.481 e. The second-order valence-electron chi connectivity index (χ2n) is 6.37. The van der Waals surface area contributed by atoms with Crippen LogP contribution in [0.2, 0.25) is 0 Å². The predicted octanol–water partition coefficient (Wildman–Crippen LogP) is 2.56. The summed E-state index contributed by atoms with van der Waals surface area (Å²) >= 11 is 0. The Morgan fingerprint density at radius 3 is 2.92 bits per heavy atom. The van der Waals surface area contributed by atoms with Crippen LogP contribution in [-0.4, -0.2) is 35.6 Å². The summed E-state index contributed by atoms with van der Waals surface area (Å²) in [7, 11) is 1.59. The molecule has 2 aromatic rings. The van der Waals surface area contributed by atoms with Crippen LogP contribution >= 0.6 is 0 Å². The number of nitrogens with one attached hydrogen (secondary N) is 2. The minimum atomic E-state index is -0.171. The van der Waals surface area contributed by atoms with Crippen LogP contribution in [0, 0.1) is 0 Å². The van der Waals surface area contributed by atoms with Gasteiger partial charge in [-0.1, -0.05) is 0 Å². The molecule has 0 bridgehead atoms. The number of aromatic nitrogens is 2. The average molecular weight is 327 g/mol. The molecule has 2 aliphatic rings. The fraction of sp³-hybridized carbons (Fsp3) is 0.444. The van der Waals surface area contributed by atoms with Crippen LogP contribution in [0.3, 0.4) is 0 Å². The molecule has 1 saturated heterocycles. The number of nitrogens with zero attached hydrogens (tertiary/aromatic N) is 1. The third-order valence-electron chi connectivity index (χ3n) is 4.71. The maximum atomic E-state index is 12.7. The van der Waals surface area contributed by atoms with Crippen molar-refractivity contribution >= 4 is 5.91 Å². The fourth-order valence-electron chi connectivity index (χ4n) is 3.28. The Morgan fingerprint density at radius 1 is 1.33 bits per heavy atom. The molecular formula is C18H21N3O3. The smallest absolute Gasteiger partial charge is 0.253 e. The summed E-state index contributed by atoms with van der Waals surface area (Å²) in [4.78, 5) is 20.1. The molecule has 1 saturated carbocycles. The molecular weight excluding hydrogens is 306 g/mol. The highest BCUT2D eigenvalue weighted by molar-refractivity contribution is 5.96. The lowest BCUT2D eigenvalue weighted by Gasteiger charge is -2.20. The quantitative estimate of drug-likeness (QED) is 0.885. The van der Waals surface area contributed by atoms with Crippen molar-refractivity contribution in [3.8, 4) is 5.88 Å². The minimum absolute atomic E-state index is 0.0277. The van der Waals surface area contributed by atoms with Crippen molar-refractivity contribution in [2.75, 3.05) is 13.7 Å². The van der Waals surface area contributed by atoms with Crippen LogP contribution in [-0.2, 0) is 4.74 Å². The van der Waals surface area contributed by atoms with Gasteiger partial charge in [0.2, 0.25) is 5.88 Å². The number of ether oxygens (including phenoxy) is 2. The van der Waals surface area contributed by atoms with Crippen molar-refractivity contribution in [2.24, 2.45) is 0 Å². The van der Waals surface area contributed by atoms with Crippen LogP contribution in [0.1, 0.15) is 52.9 Å². The monoisotopic (exact) mass is 327 g/mol. The molecule has 24 heavy (non-hydrogen) atoms. The lowest BCUT2D eigenvalue weighted by molar-refractivity contribution is 0.0819. The van der Waals surface area contributed by atoms with Gasteiger partial charge in [-0.05, 0) is 37.3 Å². The van der Waals surface area contributed by atoms with E-state index >= 15 is 0 Å². The maximum absolute atomic E-state index is 12.7. The van der Waals surface area contributed by atoms with Crippen molar-refractivity contribution < 1.29 is 14.3 Å². The van der Waals surface area contributed by atoms with Gasteiger partial charge in [-0.15, -0.1) is 0 Å². The summed E-state index contributed by atoms with van der Waals surface area (Å²) in [6.07, 6.45) is 6.54. The number of aromatic amines is 1. The lowest BCUT2D eigenvalue weighted by atomic mass is 10.0. The molecule has 4 rings (SSSR count). The predicted molar refractivity (Wildman–Crippen MR) is 88.1 cm³/mol. The molecule has 1 amide bonds. The lowest BCUT2D eigenvalue weighted by Crippen LogP contribution is -2.37. The Bertz CT molecular complexity index is 721. The highest BCUT2D eigenvalue weighted by Crippen LogP contribution is 2.41. The van der Waals surface area contributed by atoms with Gasteiger partial charge in [0, 0.05) is 36.3 Å². The molecule has 2 N–H and O–H groups in total. The van der Waals surface area contributed by atoms with Crippen molar-refractivity contribution in [2.45, 2.75) is 37.3 Å². The van der Waals surface area contributed by atoms with Crippen molar-refractivity contribution in [1.82, 2.24) is 15.3 Å². The van der Waals surface area contributed by atoms with Gasteiger partial charge in [0.15, 0.2) is 0 Å². The molecule has 1 aliphatic carbocycles.